The summed E-state index contributed by atoms with van der Waals surface area (Å²) in [6.45, 7) is 4.05. The van der Waals surface area contributed by atoms with Gasteiger partial charge in [0.05, 0.1) is 5.75 Å². The minimum atomic E-state index is -0.0414. The van der Waals surface area contributed by atoms with E-state index in [1.165, 1.54) is 11.8 Å². The lowest BCUT2D eigenvalue weighted by molar-refractivity contribution is -0.113. The summed E-state index contributed by atoms with van der Waals surface area (Å²) in [5.41, 5.74) is 4.26. The molecule has 28 heavy (non-hydrogen) atoms. The molecule has 6 heteroatoms. The topological polar surface area (TPSA) is 54.9 Å². The van der Waals surface area contributed by atoms with E-state index in [0.29, 0.717) is 5.75 Å². The second-order valence-corrected chi connectivity index (χ2v) is 8.58. The quantitative estimate of drug-likeness (QED) is 0.341. The van der Waals surface area contributed by atoms with E-state index in [1.807, 2.05) is 44.2 Å². The zero-order valence-corrected chi connectivity index (χ0v) is 17.2. The van der Waals surface area contributed by atoms with Crippen LogP contribution in [0.5, 0.6) is 0 Å². The van der Waals surface area contributed by atoms with Crippen molar-refractivity contribution in [2.24, 2.45) is 0 Å². The predicted octanol–water partition coefficient (Wildman–Crippen LogP) is 5.71. The molecule has 2 aromatic heterocycles. The molecule has 0 aliphatic carbocycles. The fraction of sp³-hybridized carbons (Fsp3) is 0.136. The summed E-state index contributed by atoms with van der Waals surface area (Å²) >= 11 is 3.08. The number of carbonyl (C=O) groups excluding carboxylic acids is 1. The first-order valence-corrected chi connectivity index (χ1v) is 10.7. The molecule has 0 bridgehead atoms. The van der Waals surface area contributed by atoms with Gasteiger partial charge in [-0.25, -0.2) is 9.97 Å². The van der Waals surface area contributed by atoms with Crippen molar-refractivity contribution in [1.82, 2.24) is 9.97 Å². The normalized spacial score (nSPS) is 10.9. The van der Waals surface area contributed by atoms with Crippen LogP contribution in [0.2, 0.25) is 0 Å². The number of thiophene rings is 1. The van der Waals surface area contributed by atoms with Gasteiger partial charge in [0.1, 0.15) is 16.2 Å². The van der Waals surface area contributed by atoms with Gasteiger partial charge in [-0.05, 0) is 48.7 Å². The largest absolute Gasteiger partial charge is 0.325 e. The zero-order chi connectivity index (χ0) is 19.5. The van der Waals surface area contributed by atoms with Crippen LogP contribution in [-0.2, 0) is 4.79 Å². The lowest BCUT2D eigenvalue weighted by Crippen LogP contribution is -2.14. The molecule has 0 aliphatic heterocycles. The molecule has 4 aromatic rings. The number of hydrogen-bond donors (Lipinski definition) is 1. The Kier molecular flexibility index (Phi) is 5.41. The van der Waals surface area contributed by atoms with Crippen molar-refractivity contribution in [1.29, 1.82) is 0 Å². The lowest BCUT2D eigenvalue weighted by Gasteiger charge is -2.07. The molecular formula is C22H19N3OS2. The van der Waals surface area contributed by atoms with Crippen LogP contribution in [0, 0.1) is 13.8 Å². The predicted molar refractivity (Wildman–Crippen MR) is 118 cm³/mol. The van der Waals surface area contributed by atoms with Gasteiger partial charge < -0.3 is 5.32 Å². The summed E-state index contributed by atoms with van der Waals surface area (Å²) in [6, 6.07) is 18.4. The van der Waals surface area contributed by atoms with Gasteiger partial charge in [-0.1, -0.05) is 48.2 Å². The highest BCUT2D eigenvalue weighted by atomic mass is 32.2. The van der Waals surface area contributed by atoms with Crippen molar-refractivity contribution in [3.8, 4) is 10.4 Å². The highest BCUT2D eigenvalue weighted by Gasteiger charge is 2.12. The molecule has 1 amide bonds. The van der Waals surface area contributed by atoms with E-state index in [-0.39, 0.29) is 5.91 Å². The maximum atomic E-state index is 12.4. The molecule has 4 nitrogen and oxygen atoms in total. The third kappa shape index (κ3) is 4.24. The summed E-state index contributed by atoms with van der Waals surface area (Å²) in [5.74, 6) is 0.260. The van der Waals surface area contributed by atoms with Crippen LogP contribution in [0.25, 0.3) is 20.7 Å². The molecule has 0 saturated carbocycles. The molecule has 0 saturated heterocycles. The van der Waals surface area contributed by atoms with Crippen molar-refractivity contribution in [2.45, 2.75) is 18.9 Å². The molecule has 0 radical (unpaired) electrons. The highest BCUT2D eigenvalue weighted by molar-refractivity contribution is 8.00. The Morgan fingerprint density at radius 3 is 2.54 bits per heavy atom. The first-order valence-electron chi connectivity index (χ1n) is 8.89. The number of amides is 1. The summed E-state index contributed by atoms with van der Waals surface area (Å²) in [7, 11) is 0. The first-order chi connectivity index (χ1) is 13.6. The average Bonchev–Trinajstić information content (AvgIpc) is 3.11. The van der Waals surface area contributed by atoms with Gasteiger partial charge in [0.2, 0.25) is 5.91 Å². The Morgan fingerprint density at radius 2 is 1.79 bits per heavy atom. The van der Waals surface area contributed by atoms with Crippen LogP contribution in [0.15, 0.2) is 66.0 Å². The number of aromatic nitrogens is 2. The molecular weight excluding hydrogens is 386 g/mol. The molecule has 1 N–H and O–H groups in total. The second kappa shape index (κ2) is 8.12. The zero-order valence-electron chi connectivity index (χ0n) is 15.6. The van der Waals surface area contributed by atoms with E-state index in [0.717, 1.165) is 42.5 Å². The summed E-state index contributed by atoms with van der Waals surface area (Å²) in [5, 5.41) is 4.80. The Hall–Kier alpha value is -2.70. The van der Waals surface area contributed by atoms with Gasteiger partial charge in [0.15, 0.2) is 0 Å². The van der Waals surface area contributed by atoms with Crippen LogP contribution < -0.4 is 5.32 Å². The van der Waals surface area contributed by atoms with Crippen molar-refractivity contribution >= 4 is 44.9 Å². The number of anilines is 1. The fourth-order valence-corrected chi connectivity index (χ4v) is 4.91. The fourth-order valence-electron chi connectivity index (χ4n) is 3.07. The van der Waals surface area contributed by atoms with E-state index in [2.05, 4.69) is 39.6 Å². The Morgan fingerprint density at radius 1 is 1.04 bits per heavy atom. The number of nitrogens with zero attached hydrogens (tertiary/aromatic N) is 2. The number of nitrogens with one attached hydrogen (secondary N) is 1. The molecule has 4 rings (SSSR count). The number of fused-ring (bicyclic) bond motifs is 1. The first kappa shape index (κ1) is 18.7. The summed E-state index contributed by atoms with van der Waals surface area (Å²) in [4.78, 5) is 23.3. The Bertz CT molecular complexity index is 1120. The molecule has 0 unspecified atom stereocenters. The highest BCUT2D eigenvalue weighted by Crippen LogP contribution is 2.36. The van der Waals surface area contributed by atoms with E-state index in [9.17, 15) is 4.79 Å². The third-order valence-electron chi connectivity index (χ3n) is 4.20. The molecule has 2 aromatic carbocycles. The van der Waals surface area contributed by atoms with Gasteiger partial charge >= 0.3 is 0 Å². The number of benzene rings is 2. The molecule has 0 atom stereocenters. The van der Waals surface area contributed by atoms with Gasteiger partial charge in [-0.3, -0.25) is 4.79 Å². The van der Waals surface area contributed by atoms with E-state index in [4.69, 9.17) is 0 Å². The molecule has 0 spiro atoms. The Balaban J connectivity index is 1.50. The third-order valence-corrected chi connectivity index (χ3v) is 6.29. The minimum Gasteiger partial charge on any atom is -0.325 e. The molecule has 0 fully saturated rings. The number of thioether (sulfide) groups is 1. The van der Waals surface area contributed by atoms with Crippen LogP contribution in [0.1, 0.15) is 11.1 Å². The van der Waals surface area contributed by atoms with Crippen LogP contribution in [0.3, 0.4) is 0 Å². The summed E-state index contributed by atoms with van der Waals surface area (Å²) in [6.07, 6.45) is 1.57. The van der Waals surface area contributed by atoms with Crippen LogP contribution in [0.4, 0.5) is 5.69 Å². The Labute approximate surface area is 172 Å². The van der Waals surface area contributed by atoms with E-state index in [1.54, 1.807) is 17.7 Å². The maximum Gasteiger partial charge on any atom is 0.234 e. The van der Waals surface area contributed by atoms with E-state index < -0.39 is 0 Å². The molecule has 2 heterocycles. The number of carbonyl (C=O) groups is 1. The van der Waals surface area contributed by atoms with Gasteiger partial charge in [0.25, 0.3) is 0 Å². The number of aryl methyl sites for hydroxylation is 2. The number of rotatable bonds is 5. The maximum absolute atomic E-state index is 12.4. The van der Waals surface area contributed by atoms with Gasteiger partial charge in [-0.2, -0.15) is 0 Å². The smallest absolute Gasteiger partial charge is 0.234 e. The van der Waals surface area contributed by atoms with Gasteiger partial charge in [0, 0.05) is 16.0 Å². The van der Waals surface area contributed by atoms with Crippen LogP contribution >= 0.6 is 23.1 Å². The van der Waals surface area contributed by atoms with Gasteiger partial charge in [-0.15, -0.1) is 11.3 Å². The SMILES string of the molecule is Cc1cc(C)cc(NC(=O)CSc2ncnc3sc(-c4ccccc4)cc23)c1. The monoisotopic (exact) mass is 405 g/mol. The average molecular weight is 406 g/mol. The van der Waals surface area contributed by atoms with Crippen molar-refractivity contribution < 1.29 is 4.79 Å². The van der Waals surface area contributed by atoms with Crippen molar-refractivity contribution in [3.05, 3.63) is 72.1 Å². The minimum absolute atomic E-state index is 0.0414. The summed E-state index contributed by atoms with van der Waals surface area (Å²) < 4.78 is 0. The van der Waals surface area contributed by atoms with Crippen LogP contribution in [-0.4, -0.2) is 21.6 Å². The van der Waals surface area contributed by atoms with E-state index >= 15 is 0 Å². The molecule has 0 aliphatic rings. The second-order valence-electron chi connectivity index (χ2n) is 6.59. The van der Waals surface area contributed by atoms with Crippen molar-refractivity contribution in [3.63, 3.8) is 0 Å². The van der Waals surface area contributed by atoms with Crippen molar-refractivity contribution in [2.75, 3.05) is 11.1 Å². The lowest BCUT2D eigenvalue weighted by atomic mass is 10.1. The standard InChI is InChI=1S/C22H19N3OS2/c1-14-8-15(2)10-17(9-14)25-20(26)12-27-21-18-11-19(16-6-4-3-5-7-16)28-22(18)24-13-23-21/h3-11,13H,12H2,1-2H3,(H,25,26). The molecule has 140 valence electrons. The number of hydrogen-bond acceptors (Lipinski definition) is 5.